The maximum Gasteiger partial charge on any atom is 0.253 e. The fourth-order valence-corrected chi connectivity index (χ4v) is 3.51. The molecular formula is C24H29N3O2. The van der Waals surface area contributed by atoms with Gasteiger partial charge in [0.2, 0.25) is 0 Å². The van der Waals surface area contributed by atoms with Crippen LogP contribution in [0, 0.1) is 0 Å². The van der Waals surface area contributed by atoms with E-state index in [-0.39, 0.29) is 12.1 Å². The van der Waals surface area contributed by atoms with Gasteiger partial charge in [0, 0.05) is 18.6 Å². The van der Waals surface area contributed by atoms with E-state index < -0.39 is 10.9 Å². The van der Waals surface area contributed by atoms with Crippen LogP contribution in [0.5, 0.6) is 0 Å². The SMILES string of the molecule is C[C@H](Cc1ccccc1)Nc1c(NCC(Cc2ccccc2)N(C)C)c(=O)c1=O. The monoisotopic (exact) mass is 391 g/mol. The molecule has 2 N–H and O–H groups in total. The van der Waals surface area contributed by atoms with Crippen LogP contribution in [0.3, 0.4) is 0 Å². The minimum Gasteiger partial charge on any atom is -0.378 e. The van der Waals surface area contributed by atoms with E-state index in [9.17, 15) is 9.59 Å². The van der Waals surface area contributed by atoms with Crippen LogP contribution >= 0.6 is 0 Å². The standard InChI is InChI=1S/C24H29N3O2/c1-17(14-18-10-6-4-7-11-18)26-22-21(23(28)24(22)29)25-16-20(27(2)3)15-19-12-8-5-9-13-19/h4-13,17,20,25-26H,14-16H2,1-3H3/t17-,20?/m1/s1. The molecule has 0 bridgehead atoms. The van der Waals surface area contributed by atoms with Gasteiger partial charge in [-0.05, 0) is 45.0 Å². The molecule has 3 rings (SSSR count). The first-order chi connectivity index (χ1) is 14.0. The molecule has 29 heavy (non-hydrogen) atoms. The predicted molar refractivity (Wildman–Crippen MR) is 121 cm³/mol. The molecule has 3 aromatic rings. The van der Waals surface area contributed by atoms with Gasteiger partial charge in [-0.2, -0.15) is 0 Å². The van der Waals surface area contributed by atoms with Crippen LogP contribution in [-0.4, -0.2) is 37.6 Å². The zero-order valence-electron chi connectivity index (χ0n) is 17.3. The Kier molecular flexibility index (Phi) is 6.83. The third kappa shape index (κ3) is 5.33. The van der Waals surface area contributed by atoms with Crippen molar-refractivity contribution in [2.45, 2.75) is 31.8 Å². The molecule has 0 aliphatic rings. The van der Waals surface area contributed by atoms with E-state index in [1.807, 2.05) is 57.4 Å². The van der Waals surface area contributed by atoms with Gasteiger partial charge in [0.15, 0.2) is 0 Å². The number of hydrogen-bond donors (Lipinski definition) is 2. The van der Waals surface area contributed by atoms with Crippen LogP contribution in [0.4, 0.5) is 11.4 Å². The van der Waals surface area contributed by atoms with Crippen molar-refractivity contribution in [3.63, 3.8) is 0 Å². The fraction of sp³-hybridized carbons (Fsp3) is 0.333. The number of hydrogen-bond acceptors (Lipinski definition) is 5. The minimum absolute atomic E-state index is 0.0511. The van der Waals surface area contributed by atoms with E-state index >= 15 is 0 Å². The lowest BCUT2D eigenvalue weighted by Gasteiger charge is -2.26. The van der Waals surface area contributed by atoms with E-state index in [0.717, 1.165) is 12.8 Å². The molecule has 1 unspecified atom stereocenters. The average molecular weight is 392 g/mol. The number of likely N-dealkylation sites (N-methyl/N-ethyl adjacent to an activating group) is 1. The van der Waals surface area contributed by atoms with Crippen molar-refractivity contribution >= 4 is 11.4 Å². The molecule has 5 heteroatoms. The molecule has 0 aromatic heterocycles. The summed E-state index contributed by atoms with van der Waals surface area (Å²) in [6.07, 6.45) is 1.65. The third-order valence-electron chi connectivity index (χ3n) is 5.24. The molecule has 0 radical (unpaired) electrons. The molecule has 0 amide bonds. The quantitative estimate of drug-likeness (QED) is 0.521. The smallest absolute Gasteiger partial charge is 0.253 e. The van der Waals surface area contributed by atoms with Crippen molar-refractivity contribution in [1.29, 1.82) is 0 Å². The Morgan fingerprint density at radius 1 is 0.793 bits per heavy atom. The molecular weight excluding hydrogens is 362 g/mol. The van der Waals surface area contributed by atoms with Crippen molar-refractivity contribution in [2.75, 3.05) is 31.3 Å². The highest BCUT2D eigenvalue weighted by molar-refractivity contribution is 5.74. The first-order valence-electron chi connectivity index (χ1n) is 10.0. The number of nitrogens with one attached hydrogen (secondary N) is 2. The van der Waals surface area contributed by atoms with E-state index in [1.165, 1.54) is 11.1 Å². The molecule has 5 nitrogen and oxygen atoms in total. The van der Waals surface area contributed by atoms with E-state index in [1.54, 1.807) is 0 Å². The maximum absolute atomic E-state index is 12.1. The summed E-state index contributed by atoms with van der Waals surface area (Å²) in [5.41, 5.74) is 2.39. The molecule has 3 aromatic carbocycles. The maximum atomic E-state index is 12.1. The number of rotatable bonds is 10. The van der Waals surface area contributed by atoms with Gasteiger partial charge in [0.05, 0.1) is 0 Å². The van der Waals surface area contributed by atoms with Crippen LogP contribution in [-0.2, 0) is 12.8 Å². The molecule has 0 spiro atoms. The Balaban J connectivity index is 1.63. The molecule has 2 atom stereocenters. The topological polar surface area (TPSA) is 61.4 Å². The summed E-state index contributed by atoms with van der Waals surface area (Å²) in [5, 5.41) is 6.46. The van der Waals surface area contributed by atoms with Crippen LogP contribution in [0.15, 0.2) is 70.3 Å². The van der Waals surface area contributed by atoms with Gasteiger partial charge < -0.3 is 15.5 Å². The van der Waals surface area contributed by atoms with E-state index in [4.69, 9.17) is 0 Å². The largest absolute Gasteiger partial charge is 0.378 e. The van der Waals surface area contributed by atoms with Gasteiger partial charge in [0.25, 0.3) is 10.9 Å². The van der Waals surface area contributed by atoms with Crippen LogP contribution in [0.25, 0.3) is 0 Å². The zero-order valence-corrected chi connectivity index (χ0v) is 17.3. The molecule has 0 fully saturated rings. The molecule has 0 heterocycles. The fourth-order valence-electron chi connectivity index (χ4n) is 3.51. The summed E-state index contributed by atoms with van der Waals surface area (Å²) in [6.45, 7) is 2.61. The number of nitrogens with zero attached hydrogens (tertiary/aromatic N) is 1. The van der Waals surface area contributed by atoms with E-state index in [2.05, 4.69) is 39.8 Å². The summed E-state index contributed by atoms with van der Waals surface area (Å²) in [5.74, 6) is 0. The second-order valence-corrected chi connectivity index (χ2v) is 7.83. The zero-order chi connectivity index (χ0) is 20.8. The lowest BCUT2D eigenvalue weighted by Crippen LogP contribution is -2.43. The number of benzene rings is 2. The summed E-state index contributed by atoms with van der Waals surface area (Å²) >= 11 is 0. The second-order valence-electron chi connectivity index (χ2n) is 7.83. The number of anilines is 2. The predicted octanol–water partition coefficient (Wildman–Crippen LogP) is 2.91. The Hall–Kier alpha value is -2.92. The second kappa shape index (κ2) is 9.52. The van der Waals surface area contributed by atoms with Crippen molar-refractivity contribution in [3.8, 4) is 0 Å². The first kappa shape index (κ1) is 20.8. The van der Waals surface area contributed by atoms with Gasteiger partial charge in [0.1, 0.15) is 11.4 Å². The van der Waals surface area contributed by atoms with Crippen molar-refractivity contribution < 1.29 is 0 Å². The summed E-state index contributed by atoms with van der Waals surface area (Å²) in [7, 11) is 4.05. The van der Waals surface area contributed by atoms with Gasteiger partial charge in [-0.3, -0.25) is 9.59 Å². The Bertz CT molecular complexity index is 977. The van der Waals surface area contributed by atoms with Gasteiger partial charge in [-0.15, -0.1) is 0 Å². The summed E-state index contributed by atoms with van der Waals surface area (Å²) in [4.78, 5) is 26.4. The Labute approximate surface area is 172 Å². The molecule has 0 aliphatic heterocycles. The van der Waals surface area contributed by atoms with E-state index in [0.29, 0.717) is 17.9 Å². The van der Waals surface area contributed by atoms with Crippen molar-refractivity contribution in [2.24, 2.45) is 0 Å². The normalized spacial score (nSPS) is 13.4. The molecule has 0 aliphatic carbocycles. The van der Waals surface area contributed by atoms with Crippen LogP contribution < -0.4 is 21.5 Å². The highest BCUT2D eigenvalue weighted by atomic mass is 16.2. The lowest BCUT2D eigenvalue weighted by molar-refractivity contribution is 0.303. The molecule has 0 saturated carbocycles. The highest BCUT2D eigenvalue weighted by Crippen LogP contribution is 2.18. The van der Waals surface area contributed by atoms with Crippen molar-refractivity contribution in [1.82, 2.24) is 4.90 Å². The van der Waals surface area contributed by atoms with Gasteiger partial charge in [-0.1, -0.05) is 60.7 Å². The molecule has 152 valence electrons. The van der Waals surface area contributed by atoms with Gasteiger partial charge >= 0.3 is 0 Å². The summed E-state index contributed by atoms with van der Waals surface area (Å²) < 4.78 is 0. The van der Waals surface area contributed by atoms with Crippen LogP contribution in [0.1, 0.15) is 18.1 Å². The minimum atomic E-state index is -0.434. The highest BCUT2D eigenvalue weighted by Gasteiger charge is 2.23. The lowest BCUT2D eigenvalue weighted by atomic mass is 10.0. The third-order valence-corrected chi connectivity index (χ3v) is 5.24. The average Bonchev–Trinajstić information content (AvgIpc) is 2.73. The van der Waals surface area contributed by atoms with Gasteiger partial charge in [-0.25, -0.2) is 0 Å². The summed E-state index contributed by atoms with van der Waals surface area (Å²) in [6, 6.07) is 20.6. The Morgan fingerprint density at radius 3 is 1.86 bits per heavy atom. The first-order valence-corrected chi connectivity index (χ1v) is 10.0. The molecule has 0 saturated heterocycles. The Morgan fingerprint density at radius 2 is 1.31 bits per heavy atom. The van der Waals surface area contributed by atoms with Crippen molar-refractivity contribution in [3.05, 3.63) is 92.2 Å². The van der Waals surface area contributed by atoms with Crippen LogP contribution in [0.2, 0.25) is 0 Å².